The summed E-state index contributed by atoms with van der Waals surface area (Å²) in [6, 6.07) is 0. The molecule has 0 saturated heterocycles. The fourth-order valence-electron chi connectivity index (χ4n) is 7.03. The van der Waals surface area contributed by atoms with Crippen LogP contribution >= 0.6 is 0 Å². The van der Waals surface area contributed by atoms with E-state index in [1.54, 1.807) is 0 Å². The Kier molecular flexibility index (Phi) is 3.18. The fraction of sp³-hybridized carbons (Fsp3) is 0.850. The van der Waals surface area contributed by atoms with Crippen LogP contribution in [0.3, 0.4) is 0 Å². The summed E-state index contributed by atoms with van der Waals surface area (Å²) in [6.45, 7) is 9.08. The van der Waals surface area contributed by atoms with E-state index >= 15 is 0 Å². The number of rotatable bonds is 0. The van der Waals surface area contributed by atoms with Gasteiger partial charge in [-0.2, -0.15) is 0 Å². The molecule has 0 aromatic heterocycles. The first kappa shape index (κ1) is 14.9. The van der Waals surface area contributed by atoms with Crippen LogP contribution in [0.1, 0.15) is 65.2 Å². The zero-order chi connectivity index (χ0) is 15.7. The number of hydrogen-bond acceptors (Lipinski definition) is 2. The van der Waals surface area contributed by atoms with Crippen molar-refractivity contribution in [2.24, 2.45) is 34.5 Å². The number of aliphatic hydroxyl groups is 1. The average molecular weight is 302 g/mol. The number of carbonyl (C=O) groups is 1. The van der Waals surface area contributed by atoms with Crippen LogP contribution < -0.4 is 0 Å². The van der Waals surface area contributed by atoms with Crippen LogP contribution in [0, 0.1) is 34.5 Å². The van der Waals surface area contributed by atoms with Gasteiger partial charge in [0.05, 0.1) is 6.10 Å². The van der Waals surface area contributed by atoms with Crippen LogP contribution in [-0.4, -0.2) is 17.0 Å². The minimum absolute atomic E-state index is 0.0279. The van der Waals surface area contributed by atoms with E-state index in [0.717, 1.165) is 32.1 Å². The van der Waals surface area contributed by atoms with Gasteiger partial charge < -0.3 is 5.11 Å². The second-order valence-electron chi connectivity index (χ2n) is 9.05. The van der Waals surface area contributed by atoms with E-state index in [9.17, 15) is 9.90 Å². The molecule has 4 saturated carbocycles. The van der Waals surface area contributed by atoms with Crippen molar-refractivity contribution in [3.8, 4) is 0 Å². The third-order valence-electron chi connectivity index (χ3n) is 8.41. The van der Waals surface area contributed by atoms with Gasteiger partial charge in [-0.05, 0) is 74.0 Å². The van der Waals surface area contributed by atoms with Gasteiger partial charge in [0.25, 0.3) is 0 Å². The lowest BCUT2D eigenvalue weighted by atomic mass is 9.44. The van der Waals surface area contributed by atoms with Gasteiger partial charge in [-0.15, -0.1) is 0 Å². The zero-order valence-electron chi connectivity index (χ0n) is 14.1. The molecular weight excluding hydrogens is 272 g/mol. The number of carbonyl (C=O) groups excluding carboxylic acids is 1. The van der Waals surface area contributed by atoms with Gasteiger partial charge in [-0.1, -0.05) is 26.0 Å². The summed E-state index contributed by atoms with van der Waals surface area (Å²) < 4.78 is 0. The number of Topliss-reactive ketones (excluding diaryl/α,β-unsaturated/α-hetero) is 1. The summed E-state index contributed by atoms with van der Waals surface area (Å²) in [5.74, 6) is 3.14. The average Bonchev–Trinajstić information content (AvgIpc) is 2.77. The molecule has 0 heterocycles. The highest BCUT2D eigenvalue weighted by molar-refractivity contribution is 5.87. The van der Waals surface area contributed by atoms with Crippen LogP contribution in [0.4, 0.5) is 0 Å². The summed E-state index contributed by atoms with van der Waals surface area (Å²) >= 11 is 0. The lowest BCUT2D eigenvalue weighted by Gasteiger charge is -2.60. The van der Waals surface area contributed by atoms with Gasteiger partial charge in [-0.3, -0.25) is 4.79 Å². The second kappa shape index (κ2) is 4.69. The van der Waals surface area contributed by atoms with Crippen molar-refractivity contribution in [1.82, 2.24) is 0 Å². The van der Waals surface area contributed by atoms with Gasteiger partial charge in [0.15, 0.2) is 0 Å². The molecule has 22 heavy (non-hydrogen) atoms. The number of hydrogen-bond donors (Lipinski definition) is 1. The van der Waals surface area contributed by atoms with Crippen LogP contribution in [0.15, 0.2) is 12.2 Å². The first-order valence-electron chi connectivity index (χ1n) is 9.27. The molecule has 0 aromatic rings. The highest BCUT2D eigenvalue weighted by atomic mass is 16.3. The van der Waals surface area contributed by atoms with Crippen LogP contribution in [0.2, 0.25) is 0 Å². The van der Waals surface area contributed by atoms with Crippen molar-refractivity contribution in [3.63, 3.8) is 0 Å². The molecule has 2 nitrogen and oxygen atoms in total. The van der Waals surface area contributed by atoms with Gasteiger partial charge in [0, 0.05) is 11.8 Å². The fourth-order valence-corrected chi connectivity index (χ4v) is 7.03. The van der Waals surface area contributed by atoms with E-state index in [4.69, 9.17) is 0 Å². The molecule has 4 fully saturated rings. The van der Waals surface area contributed by atoms with Gasteiger partial charge in [0.2, 0.25) is 0 Å². The molecular formula is C20H30O2. The van der Waals surface area contributed by atoms with E-state index in [0.29, 0.717) is 29.5 Å². The van der Waals surface area contributed by atoms with E-state index in [1.807, 2.05) is 0 Å². The van der Waals surface area contributed by atoms with Crippen molar-refractivity contribution in [3.05, 3.63) is 12.2 Å². The largest absolute Gasteiger partial charge is 0.393 e. The highest BCUT2D eigenvalue weighted by Gasteiger charge is 2.60. The Morgan fingerprint density at radius 3 is 2.68 bits per heavy atom. The normalized spacial score (nSPS) is 54.6. The first-order valence-corrected chi connectivity index (χ1v) is 9.27. The third kappa shape index (κ3) is 1.74. The molecule has 1 N–H and O–H groups in total. The van der Waals surface area contributed by atoms with Crippen molar-refractivity contribution in [2.45, 2.75) is 71.3 Å². The van der Waals surface area contributed by atoms with Crippen LogP contribution in [0.25, 0.3) is 0 Å². The highest BCUT2D eigenvalue weighted by Crippen LogP contribution is 2.66. The summed E-state index contributed by atoms with van der Waals surface area (Å²) in [5, 5.41) is 10.1. The molecule has 4 aliphatic rings. The standard InChI is InChI=1S/C20H30O2/c1-12-10-14(21)11-13-4-5-15-16-6-7-18(22)19(16,2)9-8-17(15)20(12,13)3/h13-17,21H,1,4-11H2,2-3H3/t13?,14?,15?,16?,17?,19-,20-/m0/s1. The van der Waals surface area contributed by atoms with Crippen LogP contribution in [-0.2, 0) is 4.79 Å². The van der Waals surface area contributed by atoms with Gasteiger partial charge >= 0.3 is 0 Å². The minimum Gasteiger partial charge on any atom is -0.393 e. The number of ketones is 1. The molecule has 4 aliphatic carbocycles. The third-order valence-corrected chi connectivity index (χ3v) is 8.41. The van der Waals surface area contributed by atoms with Gasteiger partial charge in [0.1, 0.15) is 5.78 Å². The molecule has 4 rings (SSSR count). The van der Waals surface area contributed by atoms with E-state index < -0.39 is 0 Å². The smallest absolute Gasteiger partial charge is 0.139 e. The Morgan fingerprint density at radius 1 is 1.14 bits per heavy atom. The Labute approximate surface area is 134 Å². The summed E-state index contributed by atoms with van der Waals surface area (Å²) in [6.07, 6.45) is 8.24. The SMILES string of the molecule is C=C1CC(O)CC2CCC3C(CC[C@]4(C)C(=O)CCC34)[C@@]12C. The number of aliphatic hydroxyl groups excluding tert-OH is 1. The zero-order valence-corrected chi connectivity index (χ0v) is 14.1. The topological polar surface area (TPSA) is 37.3 Å². The molecule has 0 bridgehead atoms. The molecule has 5 unspecified atom stereocenters. The quantitative estimate of drug-likeness (QED) is 0.683. The lowest BCUT2D eigenvalue weighted by molar-refractivity contribution is -0.136. The molecule has 0 amide bonds. The first-order chi connectivity index (χ1) is 10.4. The van der Waals surface area contributed by atoms with Crippen LogP contribution in [0.5, 0.6) is 0 Å². The summed E-state index contributed by atoms with van der Waals surface area (Å²) in [5.41, 5.74) is 1.47. The van der Waals surface area contributed by atoms with Crippen molar-refractivity contribution < 1.29 is 9.90 Å². The summed E-state index contributed by atoms with van der Waals surface area (Å²) in [4.78, 5) is 12.4. The maximum Gasteiger partial charge on any atom is 0.139 e. The van der Waals surface area contributed by atoms with Crippen molar-refractivity contribution in [2.75, 3.05) is 0 Å². The second-order valence-corrected chi connectivity index (χ2v) is 9.05. The van der Waals surface area contributed by atoms with E-state index in [1.165, 1.54) is 24.8 Å². The van der Waals surface area contributed by atoms with Crippen molar-refractivity contribution in [1.29, 1.82) is 0 Å². The molecule has 7 atom stereocenters. The minimum atomic E-state index is -0.177. The number of fused-ring (bicyclic) bond motifs is 5. The lowest BCUT2D eigenvalue weighted by Crippen LogP contribution is -2.54. The summed E-state index contributed by atoms with van der Waals surface area (Å²) in [7, 11) is 0. The molecule has 0 aliphatic heterocycles. The Bertz CT molecular complexity index is 524. The predicted molar refractivity (Wildman–Crippen MR) is 87.3 cm³/mol. The molecule has 0 aromatic carbocycles. The molecule has 122 valence electrons. The molecule has 0 radical (unpaired) electrons. The Morgan fingerprint density at radius 2 is 1.91 bits per heavy atom. The molecule has 0 spiro atoms. The Balaban J connectivity index is 1.69. The maximum absolute atomic E-state index is 12.4. The maximum atomic E-state index is 12.4. The van der Waals surface area contributed by atoms with E-state index in [2.05, 4.69) is 20.4 Å². The Hall–Kier alpha value is -0.630. The molecule has 2 heteroatoms. The monoisotopic (exact) mass is 302 g/mol. The van der Waals surface area contributed by atoms with Crippen molar-refractivity contribution >= 4 is 5.78 Å². The van der Waals surface area contributed by atoms with E-state index in [-0.39, 0.29) is 16.9 Å². The van der Waals surface area contributed by atoms with Gasteiger partial charge in [-0.25, -0.2) is 0 Å². The predicted octanol–water partition coefficient (Wildman–Crippen LogP) is 4.13.